The van der Waals surface area contributed by atoms with Gasteiger partial charge in [-0.2, -0.15) is 13.2 Å². The maximum Gasteiger partial charge on any atom is 0.406 e. The van der Waals surface area contributed by atoms with Crippen LogP contribution in [0.5, 0.6) is 0 Å². The SMILES string of the molecule is CC(C)CNCc1cc(C(=O)Nc2cc(C3(c4nncn4C)CC4(CC4)C3)ccc2F)c(=O)n(CC(F)(F)F)c1. The van der Waals surface area contributed by atoms with Crippen molar-refractivity contribution < 1.29 is 22.4 Å². The number of pyridine rings is 1. The van der Waals surface area contributed by atoms with E-state index in [2.05, 4.69) is 20.8 Å². The Kier molecular flexibility index (Phi) is 7.10. The fourth-order valence-electron chi connectivity index (χ4n) is 5.85. The average molecular weight is 561 g/mol. The molecule has 3 aromatic rings. The number of benzene rings is 1. The molecule has 2 saturated carbocycles. The Balaban J connectivity index is 1.46. The predicted octanol–water partition coefficient (Wildman–Crippen LogP) is 4.54. The van der Waals surface area contributed by atoms with Gasteiger partial charge in [0.2, 0.25) is 0 Å². The molecule has 214 valence electrons. The van der Waals surface area contributed by atoms with Crippen LogP contribution in [0.25, 0.3) is 0 Å². The molecule has 2 heterocycles. The van der Waals surface area contributed by atoms with Gasteiger partial charge in [0.15, 0.2) is 0 Å². The van der Waals surface area contributed by atoms with Crippen LogP contribution in [-0.4, -0.2) is 38.0 Å². The molecule has 0 bridgehead atoms. The van der Waals surface area contributed by atoms with Crippen molar-refractivity contribution in [2.75, 3.05) is 11.9 Å². The molecule has 1 spiro atoms. The van der Waals surface area contributed by atoms with E-state index in [1.807, 2.05) is 25.5 Å². The quantitative estimate of drug-likeness (QED) is 0.375. The van der Waals surface area contributed by atoms with Crippen molar-refractivity contribution in [3.05, 3.63) is 75.5 Å². The van der Waals surface area contributed by atoms with E-state index in [1.165, 1.54) is 18.2 Å². The molecule has 8 nitrogen and oxygen atoms in total. The van der Waals surface area contributed by atoms with Gasteiger partial charge in [-0.15, -0.1) is 10.2 Å². The van der Waals surface area contributed by atoms with Crippen molar-refractivity contribution >= 4 is 11.6 Å². The molecule has 2 fully saturated rings. The summed E-state index contributed by atoms with van der Waals surface area (Å²) in [4.78, 5) is 26.2. The predicted molar refractivity (Wildman–Crippen MR) is 140 cm³/mol. The van der Waals surface area contributed by atoms with Crippen molar-refractivity contribution in [3.63, 3.8) is 0 Å². The number of nitrogens with one attached hydrogen (secondary N) is 2. The van der Waals surface area contributed by atoms with Gasteiger partial charge in [0.25, 0.3) is 11.5 Å². The van der Waals surface area contributed by atoms with Gasteiger partial charge < -0.3 is 19.8 Å². The number of nitrogens with zero attached hydrogens (tertiary/aromatic N) is 4. The summed E-state index contributed by atoms with van der Waals surface area (Å²) in [6.45, 7) is 3.15. The average Bonchev–Trinajstić information content (AvgIpc) is 3.52. The molecule has 0 radical (unpaired) electrons. The second-order valence-corrected chi connectivity index (χ2v) is 11.7. The third-order valence-corrected chi connectivity index (χ3v) is 7.84. The first kappa shape index (κ1) is 28.0. The Labute approximate surface area is 228 Å². The molecule has 0 atom stereocenters. The van der Waals surface area contributed by atoms with E-state index in [9.17, 15) is 27.2 Å². The molecule has 1 amide bonds. The first-order valence-corrected chi connectivity index (χ1v) is 13.3. The summed E-state index contributed by atoms with van der Waals surface area (Å²) in [7, 11) is 1.84. The lowest BCUT2D eigenvalue weighted by atomic mass is 9.56. The second-order valence-electron chi connectivity index (χ2n) is 11.7. The molecule has 2 aliphatic carbocycles. The number of hydrogen-bond donors (Lipinski definition) is 2. The third kappa shape index (κ3) is 5.54. The number of carbonyl (C=O) groups excluding carboxylic acids is 1. The lowest BCUT2D eigenvalue weighted by molar-refractivity contribution is -0.141. The monoisotopic (exact) mass is 560 g/mol. The first-order valence-electron chi connectivity index (χ1n) is 13.3. The first-order chi connectivity index (χ1) is 18.8. The number of aryl methyl sites for hydroxylation is 1. The van der Waals surface area contributed by atoms with Crippen LogP contribution in [0.2, 0.25) is 0 Å². The largest absolute Gasteiger partial charge is 0.406 e. The van der Waals surface area contributed by atoms with Crippen LogP contribution in [0.3, 0.4) is 0 Å². The summed E-state index contributed by atoms with van der Waals surface area (Å²) in [5.41, 5.74) is -0.946. The third-order valence-electron chi connectivity index (χ3n) is 7.84. The van der Waals surface area contributed by atoms with Gasteiger partial charge in [0.1, 0.15) is 30.1 Å². The summed E-state index contributed by atoms with van der Waals surface area (Å²) in [5, 5.41) is 13.9. The topological polar surface area (TPSA) is 93.8 Å². The number of carbonyl (C=O) groups is 1. The van der Waals surface area contributed by atoms with Gasteiger partial charge in [-0.25, -0.2) is 4.39 Å². The van der Waals surface area contributed by atoms with E-state index >= 15 is 0 Å². The van der Waals surface area contributed by atoms with Gasteiger partial charge in [-0.05, 0) is 72.9 Å². The van der Waals surface area contributed by atoms with Crippen molar-refractivity contribution in [1.82, 2.24) is 24.6 Å². The minimum atomic E-state index is -4.67. The molecule has 0 unspecified atom stereocenters. The van der Waals surface area contributed by atoms with E-state index in [0.717, 1.165) is 43.3 Å². The molecule has 1 aromatic carbocycles. The van der Waals surface area contributed by atoms with Gasteiger partial charge in [-0.3, -0.25) is 9.59 Å². The van der Waals surface area contributed by atoms with Crippen LogP contribution in [0, 0.1) is 17.2 Å². The van der Waals surface area contributed by atoms with Crippen molar-refractivity contribution in [3.8, 4) is 0 Å². The number of alkyl halides is 3. The van der Waals surface area contributed by atoms with Gasteiger partial charge in [0.05, 0.1) is 11.1 Å². The number of halogens is 4. The van der Waals surface area contributed by atoms with Crippen LogP contribution < -0.4 is 16.2 Å². The molecular weight excluding hydrogens is 528 g/mol. The summed E-state index contributed by atoms with van der Waals surface area (Å²) in [6.07, 6.45) is 1.90. The Bertz CT molecular complexity index is 1480. The number of hydrogen-bond acceptors (Lipinski definition) is 5. The molecule has 0 aliphatic heterocycles. The molecule has 40 heavy (non-hydrogen) atoms. The van der Waals surface area contributed by atoms with E-state index < -0.39 is 41.0 Å². The number of rotatable bonds is 9. The van der Waals surface area contributed by atoms with E-state index in [0.29, 0.717) is 16.7 Å². The van der Waals surface area contributed by atoms with E-state index in [4.69, 9.17) is 0 Å². The number of aromatic nitrogens is 4. The Hall–Kier alpha value is -3.54. The van der Waals surface area contributed by atoms with Crippen LogP contribution in [0.1, 0.15) is 66.8 Å². The number of anilines is 1. The highest BCUT2D eigenvalue weighted by Crippen LogP contribution is 2.70. The van der Waals surface area contributed by atoms with Crippen molar-refractivity contribution in [2.45, 2.75) is 64.2 Å². The summed E-state index contributed by atoms with van der Waals surface area (Å²) in [6, 6.07) is 5.68. The van der Waals surface area contributed by atoms with Crippen LogP contribution in [0.15, 0.2) is 41.6 Å². The summed E-state index contributed by atoms with van der Waals surface area (Å²) in [5.74, 6) is -0.682. The van der Waals surface area contributed by atoms with Gasteiger partial charge in [0, 0.05) is 19.8 Å². The zero-order chi connectivity index (χ0) is 28.9. The Morgan fingerprint density at radius 3 is 2.50 bits per heavy atom. The van der Waals surface area contributed by atoms with Gasteiger partial charge in [-0.1, -0.05) is 19.9 Å². The van der Waals surface area contributed by atoms with E-state index in [-0.39, 0.29) is 23.6 Å². The van der Waals surface area contributed by atoms with Gasteiger partial charge >= 0.3 is 6.18 Å². The Morgan fingerprint density at radius 2 is 1.90 bits per heavy atom. The molecule has 2 N–H and O–H groups in total. The number of amides is 1. The van der Waals surface area contributed by atoms with Crippen LogP contribution in [-0.2, 0) is 25.6 Å². The minimum absolute atomic E-state index is 0.155. The summed E-state index contributed by atoms with van der Waals surface area (Å²) < 4.78 is 56.9. The maximum absolute atomic E-state index is 15.0. The Morgan fingerprint density at radius 1 is 1.18 bits per heavy atom. The maximum atomic E-state index is 15.0. The zero-order valence-corrected chi connectivity index (χ0v) is 22.6. The van der Waals surface area contributed by atoms with E-state index in [1.54, 1.807) is 12.4 Å². The fraction of sp³-hybridized carbons (Fsp3) is 0.500. The normalized spacial score (nSPS) is 17.2. The highest BCUT2D eigenvalue weighted by Gasteiger charge is 2.63. The highest BCUT2D eigenvalue weighted by atomic mass is 19.4. The second kappa shape index (κ2) is 10.1. The van der Waals surface area contributed by atoms with Crippen LogP contribution >= 0.6 is 0 Å². The molecule has 5 rings (SSSR count). The smallest absolute Gasteiger partial charge is 0.320 e. The molecular formula is C28H32F4N6O2. The zero-order valence-electron chi connectivity index (χ0n) is 22.6. The fourth-order valence-corrected chi connectivity index (χ4v) is 5.85. The minimum Gasteiger partial charge on any atom is -0.320 e. The highest BCUT2D eigenvalue weighted by molar-refractivity contribution is 6.04. The van der Waals surface area contributed by atoms with Crippen LogP contribution in [0.4, 0.5) is 23.2 Å². The molecule has 0 saturated heterocycles. The van der Waals surface area contributed by atoms with Crippen molar-refractivity contribution in [1.29, 1.82) is 0 Å². The lowest BCUT2D eigenvalue weighted by Crippen LogP contribution is -2.45. The summed E-state index contributed by atoms with van der Waals surface area (Å²) >= 11 is 0. The molecule has 2 aliphatic rings. The lowest BCUT2D eigenvalue weighted by Gasteiger charge is -2.48. The van der Waals surface area contributed by atoms with Crippen molar-refractivity contribution in [2.24, 2.45) is 18.4 Å². The standard InChI is InChI=1S/C28H32F4N6O2/c1-17(2)10-33-11-18-8-20(24(40)38(12-18)15-28(30,31)32)23(39)35-22-9-19(4-5-21(22)29)27(13-26(14-27)6-7-26)25-36-34-16-37(25)3/h4-5,8-9,12,16-17,33H,6-7,10-11,13-15H2,1-3H3,(H,35,39). The molecule has 2 aromatic heterocycles. The molecule has 12 heteroatoms.